The standard InChI is InChI=1S/C25H18ClN5O4/c26-18-8-4-1-5-14(18)13-35-25(34)29-12-15-9-20(29)22-23(32)31(24(33)30(15)22)21-11-28-19(10-27)16-6-2-3-7-17(16)21/h1-8,11,15,20,32H,9,12-13H2/t15-,20-/m0/s1. The Bertz CT molecular complexity index is 1620. The van der Waals surface area contributed by atoms with Crippen molar-refractivity contribution in [1.29, 1.82) is 5.26 Å². The molecule has 1 fully saturated rings. The minimum Gasteiger partial charge on any atom is -0.493 e. The molecule has 9 nitrogen and oxygen atoms in total. The maximum absolute atomic E-state index is 13.4. The fourth-order valence-corrected chi connectivity index (χ4v) is 5.34. The van der Waals surface area contributed by atoms with Gasteiger partial charge in [0.2, 0.25) is 5.88 Å². The first-order chi connectivity index (χ1) is 17.0. The number of pyridine rings is 1. The number of hydrogen-bond acceptors (Lipinski definition) is 6. The van der Waals surface area contributed by atoms with E-state index in [1.165, 1.54) is 15.7 Å². The fraction of sp³-hybridized carbons (Fsp3) is 0.200. The Morgan fingerprint density at radius 3 is 2.71 bits per heavy atom. The predicted octanol–water partition coefficient (Wildman–Crippen LogP) is 4.06. The number of nitrogens with zero attached hydrogens (tertiary/aromatic N) is 5. The number of carbonyl (C=O) groups excluding carboxylic acids is 1. The van der Waals surface area contributed by atoms with Gasteiger partial charge in [-0.2, -0.15) is 5.26 Å². The molecule has 174 valence electrons. The summed E-state index contributed by atoms with van der Waals surface area (Å²) in [6.45, 7) is 0.323. The van der Waals surface area contributed by atoms with Crippen LogP contribution in [0.4, 0.5) is 4.79 Å². The second-order valence-electron chi connectivity index (χ2n) is 8.55. The van der Waals surface area contributed by atoms with E-state index in [4.69, 9.17) is 16.3 Å². The highest BCUT2D eigenvalue weighted by Gasteiger charge is 2.50. The Morgan fingerprint density at radius 2 is 1.94 bits per heavy atom. The first kappa shape index (κ1) is 21.3. The van der Waals surface area contributed by atoms with E-state index in [2.05, 4.69) is 11.1 Å². The molecule has 0 radical (unpaired) electrons. The highest BCUT2D eigenvalue weighted by Crippen LogP contribution is 2.49. The Kier molecular flexibility index (Phi) is 4.79. The summed E-state index contributed by atoms with van der Waals surface area (Å²) in [5.41, 5.74) is 1.26. The van der Waals surface area contributed by atoms with E-state index in [1.807, 2.05) is 6.07 Å². The van der Waals surface area contributed by atoms with Gasteiger partial charge in [0.15, 0.2) is 0 Å². The lowest BCUT2D eigenvalue weighted by molar-refractivity contribution is 0.0870. The van der Waals surface area contributed by atoms with Crippen molar-refractivity contribution < 1.29 is 14.6 Å². The van der Waals surface area contributed by atoms with Gasteiger partial charge in [0.25, 0.3) is 0 Å². The summed E-state index contributed by atoms with van der Waals surface area (Å²) in [6.07, 6.45) is 1.40. The lowest BCUT2D eigenvalue weighted by Gasteiger charge is -2.27. The average molecular weight is 488 g/mol. The number of aromatic nitrogens is 3. The number of ether oxygens (including phenoxy) is 1. The van der Waals surface area contributed by atoms with Gasteiger partial charge < -0.3 is 9.84 Å². The molecule has 0 aliphatic carbocycles. The minimum absolute atomic E-state index is 0.0229. The van der Waals surface area contributed by atoms with Crippen molar-refractivity contribution >= 4 is 28.5 Å². The zero-order valence-corrected chi connectivity index (χ0v) is 19.0. The summed E-state index contributed by atoms with van der Waals surface area (Å²) in [5.74, 6) is -0.247. The molecular formula is C25H18ClN5O4. The third-order valence-electron chi connectivity index (χ3n) is 6.72. The largest absolute Gasteiger partial charge is 0.493 e. The van der Waals surface area contributed by atoms with E-state index in [-0.39, 0.29) is 24.2 Å². The molecule has 35 heavy (non-hydrogen) atoms. The Balaban J connectivity index is 1.36. The van der Waals surface area contributed by atoms with Crippen molar-refractivity contribution in [3.05, 3.63) is 87.2 Å². The monoisotopic (exact) mass is 487 g/mol. The van der Waals surface area contributed by atoms with Crippen LogP contribution in [0.2, 0.25) is 5.02 Å². The number of likely N-dealkylation sites (tertiary alicyclic amines) is 1. The van der Waals surface area contributed by atoms with Gasteiger partial charge >= 0.3 is 11.8 Å². The molecule has 1 saturated heterocycles. The van der Waals surface area contributed by atoms with Crippen LogP contribution in [0.25, 0.3) is 16.5 Å². The fourth-order valence-electron chi connectivity index (χ4n) is 5.15. The van der Waals surface area contributed by atoms with Gasteiger partial charge in [-0.3, -0.25) is 9.47 Å². The number of rotatable bonds is 3. The Morgan fingerprint density at radius 1 is 1.20 bits per heavy atom. The predicted molar refractivity (Wildman–Crippen MR) is 126 cm³/mol. The molecule has 1 N–H and O–H groups in total. The van der Waals surface area contributed by atoms with Crippen LogP contribution in [-0.4, -0.2) is 36.8 Å². The van der Waals surface area contributed by atoms with Crippen LogP contribution in [0.3, 0.4) is 0 Å². The number of halogens is 1. The molecule has 0 unspecified atom stereocenters. The number of aromatic hydroxyl groups is 1. The summed E-state index contributed by atoms with van der Waals surface area (Å²) in [7, 11) is 0. The minimum atomic E-state index is -0.534. The topological polar surface area (TPSA) is 113 Å². The molecule has 4 aromatic rings. The van der Waals surface area contributed by atoms with Crippen LogP contribution < -0.4 is 5.69 Å². The second kappa shape index (κ2) is 7.89. The number of amides is 1. The van der Waals surface area contributed by atoms with Crippen LogP contribution in [0.5, 0.6) is 5.88 Å². The first-order valence-electron chi connectivity index (χ1n) is 11.0. The van der Waals surface area contributed by atoms with Crippen molar-refractivity contribution in [3.63, 3.8) is 0 Å². The number of benzene rings is 2. The summed E-state index contributed by atoms with van der Waals surface area (Å²) >= 11 is 6.16. The molecule has 2 aromatic carbocycles. The highest BCUT2D eigenvalue weighted by atomic mass is 35.5. The van der Waals surface area contributed by atoms with Gasteiger partial charge in [-0.15, -0.1) is 0 Å². The van der Waals surface area contributed by atoms with Crippen LogP contribution in [-0.2, 0) is 11.3 Å². The van der Waals surface area contributed by atoms with E-state index in [9.17, 15) is 20.0 Å². The van der Waals surface area contributed by atoms with Crippen molar-refractivity contribution in [2.24, 2.45) is 0 Å². The van der Waals surface area contributed by atoms with Crippen LogP contribution in [0.15, 0.2) is 59.5 Å². The zero-order valence-electron chi connectivity index (χ0n) is 18.3. The van der Waals surface area contributed by atoms with Crippen molar-refractivity contribution in [3.8, 4) is 17.6 Å². The molecule has 1 amide bonds. The van der Waals surface area contributed by atoms with Gasteiger partial charge in [-0.25, -0.2) is 19.1 Å². The molecule has 2 bridgehead atoms. The van der Waals surface area contributed by atoms with E-state index < -0.39 is 17.8 Å². The summed E-state index contributed by atoms with van der Waals surface area (Å²) in [6, 6.07) is 15.5. The normalized spacial score (nSPS) is 18.0. The van der Waals surface area contributed by atoms with Gasteiger partial charge in [0.1, 0.15) is 24.1 Å². The first-order valence-corrected chi connectivity index (χ1v) is 11.4. The smallest absolute Gasteiger partial charge is 0.410 e. The van der Waals surface area contributed by atoms with Gasteiger partial charge in [0, 0.05) is 27.9 Å². The number of carbonyl (C=O) groups is 1. The molecular weight excluding hydrogens is 470 g/mol. The third kappa shape index (κ3) is 3.11. The third-order valence-corrected chi connectivity index (χ3v) is 7.09. The number of fused-ring (bicyclic) bond motifs is 6. The van der Waals surface area contributed by atoms with Crippen molar-refractivity contribution in [2.45, 2.75) is 25.1 Å². The maximum Gasteiger partial charge on any atom is 0.410 e. The maximum atomic E-state index is 13.4. The van der Waals surface area contributed by atoms with Gasteiger partial charge in [-0.1, -0.05) is 54.1 Å². The molecule has 0 spiro atoms. The van der Waals surface area contributed by atoms with Crippen molar-refractivity contribution in [2.75, 3.05) is 6.54 Å². The lowest BCUT2D eigenvalue weighted by atomic mass is 10.1. The van der Waals surface area contributed by atoms with E-state index >= 15 is 0 Å². The molecule has 10 heteroatoms. The molecule has 2 aromatic heterocycles. The molecule has 2 aliphatic rings. The number of nitriles is 1. The molecule has 2 aliphatic heterocycles. The van der Waals surface area contributed by atoms with Crippen LogP contribution in [0.1, 0.15) is 35.5 Å². The SMILES string of the molecule is N#Cc1ncc(-n2c(O)c3n(c2=O)[C@H]2C[C@@H]3N(C(=O)OCc3ccccc3Cl)C2)c2ccccc12. The van der Waals surface area contributed by atoms with Crippen molar-refractivity contribution in [1.82, 2.24) is 19.0 Å². The zero-order chi connectivity index (χ0) is 24.3. The quantitative estimate of drug-likeness (QED) is 0.466. The lowest BCUT2D eigenvalue weighted by Crippen LogP contribution is -2.38. The second-order valence-corrected chi connectivity index (χ2v) is 8.96. The van der Waals surface area contributed by atoms with Crippen LogP contribution in [0, 0.1) is 11.3 Å². The Labute approximate surface area is 204 Å². The summed E-state index contributed by atoms with van der Waals surface area (Å²) in [5, 5.41) is 22.3. The number of hydrogen-bond donors (Lipinski definition) is 1. The van der Waals surface area contributed by atoms with Crippen LogP contribution >= 0.6 is 11.6 Å². The van der Waals surface area contributed by atoms with Gasteiger partial charge in [-0.05, 0) is 12.5 Å². The van der Waals surface area contributed by atoms with E-state index in [1.54, 1.807) is 47.0 Å². The average Bonchev–Trinajstić information content (AvgIpc) is 3.54. The number of imidazole rings is 1. The Hall–Kier alpha value is -4.29. The van der Waals surface area contributed by atoms with E-state index in [0.29, 0.717) is 45.7 Å². The van der Waals surface area contributed by atoms with Gasteiger partial charge in [0.05, 0.1) is 24.0 Å². The molecule has 2 atom stereocenters. The molecule has 0 saturated carbocycles. The molecule has 6 rings (SSSR count). The highest BCUT2D eigenvalue weighted by molar-refractivity contribution is 6.31. The van der Waals surface area contributed by atoms with E-state index in [0.717, 1.165) is 0 Å². The summed E-state index contributed by atoms with van der Waals surface area (Å²) < 4.78 is 8.24. The summed E-state index contributed by atoms with van der Waals surface area (Å²) in [4.78, 5) is 32.0. The molecule has 4 heterocycles.